The third kappa shape index (κ3) is 3.87. The molecule has 116 valence electrons. The highest BCUT2D eigenvalue weighted by Crippen LogP contribution is 2.16. The number of ether oxygens (including phenoxy) is 1. The van der Waals surface area contributed by atoms with Crippen molar-refractivity contribution in [1.82, 2.24) is 10.5 Å². The standard InChI is InChI=1S/C16H17ClN2O3/c17-13-3-1-2-11(6-13)7-14-8-15(19-22-14)16(20)18-9-12-4-5-21-10-12/h1-3,6,8,12H,4-5,7,9-10H2,(H,18,20). The predicted molar refractivity (Wildman–Crippen MR) is 82.0 cm³/mol. The molecule has 1 fully saturated rings. The number of amides is 1. The van der Waals surface area contributed by atoms with Crippen LogP contribution in [-0.4, -0.2) is 30.8 Å². The maximum absolute atomic E-state index is 12.0. The van der Waals surface area contributed by atoms with Gasteiger partial charge in [-0.05, 0) is 24.1 Å². The van der Waals surface area contributed by atoms with Crippen LogP contribution in [0.4, 0.5) is 0 Å². The van der Waals surface area contributed by atoms with Gasteiger partial charge in [-0.15, -0.1) is 0 Å². The molecule has 1 saturated heterocycles. The fraction of sp³-hybridized carbons (Fsp3) is 0.375. The van der Waals surface area contributed by atoms with Crippen LogP contribution in [0.15, 0.2) is 34.9 Å². The summed E-state index contributed by atoms with van der Waals surface area (Å²) in [6.07, 6.45) is 1.54. The van der Waals surface area contributed by atoms with Crippen molar-refractivity contribution in [1.29, 1.82) is 0 Å². The van der Waals surface area contributed by atoms with Crippen LogP contribution in [0.1, 0.15) is 28.2 Å². The summed E-state index contributed by atoms with van der Waals surface area (Å²) in [5.41, 5.74) is 1.31. The number of nitrogens with zero attached hydrogens (tertiary/aromatic N) is 1. The van der Waals surface area contributed by atoms with Crippen LogP contribution in [0, 0.1) is 5.92 Å². The smallest absolute Gasteiger partial charge is 0.273 e. The van der Waals surface area contributed by atoms with Crippen molar-refractivity contribution in [3.63, 3.8) is 0 Å². The maximum Gasteiger partial charge on any atom is 0.273 e. The number of benzene rings is 1. The molecule has 3 rings (SSSR count). The molecule has 1 atom stereocenters. The van der Waals surface area contributed by atoms with Crippen molar-refractivity contribution in [3.05, 3.63) is 52.4 Å². The minimum absolute atomic E-state index is 0.215. The first-order valence-electron chi connectivity index (χ1n) is 7.26. The van der Waals surface area contributed by atoms with Crippen LogP contribution in [0.2, 0.25) is 5.02 Å². The molecule has 2 heterocycles. The van der Waals surface area contributed by atoms with Crippen molar-refractivity contribution in [2.45, 2.75) is 12.8 Å². The SMILES string of the molecule is O=C(NCC1CCOC1)c1cc(Cc2cccc(Cl)c2)on1. The van der Waals surface area contributed by atoms with Gasteiger partial charge in [0.25, 0.3) is 5.91 Å². The van der Waals surface area contributed by atoms with E-state index >= 15 is 0 Å². The molecule has 1 unspecified atom stereocenters. The van der Waals surface area contributed by atoms with Crippen LogP contribution in [0.3, 0.4) is 0 Å². The summed E-state index contributed by atoms with van der Waals surface area (Å²) in [7, 11) is 0. The summed E-state index contributed by atoms with van der Waals surface area (Å²) in [6.45, 7) is 2.09. The van der Waals surface area contributed by atoms with Gasteiger partial charge in [-0.2, -0.15) is 0 Å². The Morgan fingerprint density at radius 3 is 3.09 bits per heavy atom. The van der Waals surface area contributed by atoms with Crippen molar-refractivity contribution in [2.75, 3.05) is 19.8 Å². The molecule has 6 heteroatoms. The van der Waals surface area contributed by atoms with Gasteiger partial charge < -0.3 is 14.6 Å². The van der Waals surface area contributed by atoms with E-state index in [4.69, 9.17) is 20.9 Å². The van der Waals surface area contributed by atoms with Gasteiger partial charge in [-0.25, -0.2) is 0 Å². The number of aromatic nitrogens is 1. The predicted octanol–water partition coefficient (Wildman–Crippen LogP) is 2.69. The second kappa shape index (κ2) is 6.94. The van der Waals surface area contributed by atoms with Gasteiger partial charge in [0.15, 0.2) is 5.69 Å². The number of rotatable bonds is 5. The van der Waals surface area contributed by atoms with E-state index in [1.807, 2.05) is 24.3 Å². The Kier molecular flexibility index (Phi) is 4.75. The molecule has 1 aliphatic heterocycles. The molecule has 1 N–H and O–H groups in total. The molecule has 2 aromatic rings. The maximum atomic E-state index is 12.0. The zero-order valence-corrected chi connectivity index (χ0v) is 12.8. The van der Waals surface area contributed by atoms with Crippen molar-refractivity contribution >= 4 is 17.5 Å². The third-order valence-corrected chi connectivity index (χ3v) is 3.87. The summed E-state index contributed by atoms with van der Waals surface area (Å²) < 4.78 is 10.5. The fourth-order valence-electron chi connectivity index (χ4n) is 2.42. The van der Waals surface area contributed by atoms with E-state index in [2.05, 4.69) is 10.5 Å². The number of hydrogen-bond donors (Lipinski definition) is 1. The van der Waals surface area contributed by atoms with E-state index in [0.29, 0.717) is 42.0 Å². The molecular formula is C16H17ClN2O3. The van der Waals surface area contributed by atoms with Gasteiger partial charge in [-0.1, -0.05) is 28.9 Å². The van der Waals surface area contributed by atoms with E-state index in [1.165, 1.54) is 0 Å². The Morgan fingerprint density at radius 1 is 1.41 bits per heavy atom. The van der Waals surface area contributed by atoms with Crippen LogP contribution in [-0.2, 0) is 11.2 Å². The van der Waals surface area contributed by atoms with Crippen LogP contribution in [0.5, 0.6) is 0 Å². The monoisotopic (exact) mass is 320 g/mol. The largest absolute Gasteiger partial charge is 0.381 e. The zero-order chi connectivity index (χ0) is 15.4. The number of carbonyl (C=O) groups excluding carboxylic acids is 1. The van der Waals surface area contributed by atoms with Crippen molar-refractivity contribution in [3.8, 4) is 0 Å². The molecule has 0 bridgehead atoms. The highest BCUT2D eigenvalue weighted by molar-refractivity contribution is 6.30. The molecular weight excluding hydrogens is 304 g/mol. The first kappa shape index (κ1) is 15.1. The van der Waals surface area contributed by atoms with Gasteiger partial charge in [-0.3, -0.25) is 4.79 Å². The highest BCUT2D eigenvalue weighted by atomic mass is 35.5. The number of hydrogen-bond acceptors (Lipinski definition) is 4. The number of nitrogens with one attached hydrogen (secondary N) is 1. The highest BCUT2D eigenvalue weighted by Gasteiger charge is 2.18. The van der Waals surface area contributed by atoms with E-state index in [1.54, 1.807) is 6.07 Å². The van der Waals surface area contributed by atoms with Gasteiger partial charge in [0.2, 0.25) is 0 Å². The molecule has 0 radical (unpaired) electrons. The topological polar surface area (TPSA) is 64.4 Å². The summed E-state index contributed by atoms with van der Waals surface area (Å²) in [5.74, 6) is 0.811. The van der Waals surface area contributed by atoms with Gasteiger partial charge >= 0.3 is 0 Å². The molecule has 5 nitrogen and oxygen atoms in total. The molecule has 0 spiro atoms. The Balaban J connectivity index is 1.57. The molecule has 1 aromatic heterocycles. The first-order valence-corrected chi connectivity index (χ1v) is 7.64. The molecule has 1 aliphatic rings. The lowest BCUT2D eigenvalue weighted by molar-refractivity contribution is 0.0936. The van der Waals surface area contributed by atoms with Crippen LogP contribution >= 0.6 is 11.6 Å². The second-order valence-electron chi connectivity index (χ2n) is 5.42. The lowest BCUT2D eigenvalue weighted by Crippen LogP contribution is -2.29. The van der Waals surface area contributed by atoms with Crippen LogP contribution < -0.4 is 5.32 Å². The normalized spacial score (nSPS) is 17.6. The van der Waals surface area contributed by atoms with E-state index in [0.717, 1.165) is 18.6 Å². The molecule has 1 aromatic carbocycles. The average Bonchev–Trinajstić information content (AvgIpc) is 3.16. The summed E-state index contributed by atoms with van der Waals surface area (Å²) >= 11 is 5.95. The minimum Gasteiger partial charge on any atom is -0.381 e. The van der Waals surface area contributed by atoms with Crippen LogP contribution in [0.25, 0.3) is 0 Å². The molecule has 1 amide bonds. The van der Waals surface area contributed by atoms with E-state index in [-0.39, 0.29) is 5.91 Å². The molecule has 0 aliphatic carbocycles. The van der Waals surface area contributed by atoms with E-state index in [9.17, 15) is 4.79 Å². The van der Waals surface area contributed by atoms with Gasteiger partial charge in [0.1, 0.15) is 5.76 Å². The third-order valence-electron chi connectivity index (χ3n) is 3.63. The quantitative estimate of drug-likeness (QED) is 0.920. The average molecular weight is 321 g/mol. The lowest BCUT2D eigenvalue weighted by atomic mass is 10.1. The number of halogens is 1. The molecule has 0 saturated carbocycles. The Labute approximate surface area is 133 Å². The fourth-order valence-corrected chi connectivity index (χ4v) is 2.64. The number of carbonyl (C=O) groups is 1. The Bertz CT molecular complexity index is 650. The Hall–Kier alpha value is -1.85. The van der Waals surface area contributed by atoms with E-state index < -0.39 is 0 Å². The van der Waals surface area contributed by atoms with Gasteiger partial charge in [0, 0.05) is 36.6 Å². The first-order chi connectivity index (χ1) is 10.7. The van der Waals surface area contributed by atoms with Crippen molar-refractivity contribution in [2.24, 2.45) is 5.92 Å². The van der Waals surface area contributed by atoms with Gasteiger partial charge in [0.05, 0.1) is 6.61 Å². The summed E-state index contributed by atoms with van der Waals surface area (Å²) in [5, 5.41) is 7.37. The summed E-state index contributed by atoms with van der Waals surface area (Å²) in [4.78, 5) is 12.0. The minimum atomic E-state index is -0.215. The summed E-state index contributed by atoms with van der Waals surface area (Å²) in [6, 6.07) is 9.18. The van der Waals surface area contributed by atoms with Crippen molar-refractivity contribution < 1.29 is 14.1 Å². The lowest BCUT2D eigenvalue weighted by Gasteiger charge is -2.07. The Morgan fingerprint density at radius 2 is 2.32 bits per heavy atom. The zero-order valence-electron chi connectivity index (χ0n) is 12.0. The molecule has 22 heavy (non-hydrogen) atoms. The second-order valence-corrected chi connectivity index (χ2v) is 5.86.